The summed E-state index contributed by atoms with van der Waals surface area (Å²) in [4.78, 5) is 11.3. The molecule has 28 heavy (non-hydrogen) atoms. The maximum atomic E-state index is 11.3. The lowest BCUT2D eigenvalue weighted by Crippen LogP contribution is -2.41. The third kappa shape index (κ3) is 5.09. The lowest BCUT2D eigenvalue weighted by Gasteiger charge is -2.32. The summed E-state index contributed by atoms with van der Waals surface area (Å²) in [5.74, 6) is 0. The number of hydrogen-bond donors (Lipinski definition) is 2. The minimum Gasteiger partial charge on any atom is -0.382 e. The Labute approximate surface area is 170 Å². The number of aliphatic hydroxyl groups is 2. The Morgan fingerprint density at radius 2 is 0.929 bits per heavy atom. The van der Waals surface area contributed by atoms with Crippen LogP contribution >= 0.6 is 0 Å². The number of aliphatic hydroxyl groups excluding tert-OH is 1. The zero-order valence-corrected chi connectivity index (χ0v) is 18.6. The molecule has 2 rings (SSSR count). The van der Waals surface area contributed by atoms with Crippen LogP contribution in [0.15, 0.2) is 48.5 Å². The molecule has 0 aromatic heterocycles. The van der Waals surface area contributed by atoms with Gasteiger partial charge in [0.05, 0.1) is 0 Å². The van der Waals surface area contributed by atoms with E-state index in [4.69, 9.17) is 0 Å². The van der Waals surface area contributed by atoms with Crippen LogP contribution in [0.4, 0.5) is 0 Å². The first-order valence-corrected chi connectivity index (χ1v) is 9.98. The van der Waals surface area contributed by atoms with E-state index in [9.17, 15) is 15.0 Å². The molecule has 2 N–H and O–H groups in total. The number of hydrogen-bond acceptors (Lipinski definition) is 3. The molecule has 0 saturated heterocycles. The van der Waals surface area contributed by atoms with E-state index in [1.807, 2.05) is 38.1 Å². The van der Waals surface area contributed by atoms with E-state index in [-0.39, 0.29) is 10.8 Å². The molecule has 3 nitrogen and oxygen atoms in total. The van der Waals surface area contributed by atoms with Crippen LogP contribution in [0, 0.1) is 0 Å². The van der Waals surface area contributed by atoms with Crippen molar-refractivity contribution in [2.24, 2.45) is 0 Å². The van der Waals surface area contributed by atoms with Crippen LogP contribution in [-0.2, 0) is 21.2 Å². The van der Waals surface area contributed by atoms with Gasteiger partial charge in [0.1, 0.15) is 11.7 Å². The lowest BCUT2D eigenvalue weighted by atomic mass is 9.78. The average molecular weight is 385 g/mol. The van der Waals surface area contributed by atoms with Crippen LogP contribution in [-0.4, -0.2) is 22.6 Å². The molecule has 154 valence electrons. The van der Waals surface area contributed by atoms with Crippen molar-refractivity contribution in [1.29, 1.82) is 0 Å². The largest absolute Gasteiger partial charge is 0.382 e. The predicted molar refractivity (Wildman–Crippen MR) is 117 cm³/mol. The first kappa shape index (κ1) is 24.1. The highest BCUT2D eigenvalue weighted by Gasteiger charge is 2.39. The summed E-state index contributed by atoms with van der Waals surface area (Å²) in [6.45, 7) is 16.7. The molecule has 0 saturated carbocycles. The first-order valence-electron chi connectivity index (χ1n) is 9.98. The van der Waals surface area contributed by atoms with Gasteiger partial charge in [0.25, 0.3) is 0 Å². The summed E-state index contributed by atoms with van der Waals surface area (Å²) < 4.78 is 0. The van der Waals surface area contributed by atoms with Crippen LogP contribution in [0.25, 0.3) is 0 Å². The molecule has 2 aromatic carbocycles. The number of carbonyl (C=O) groups is 1. The molecular weight excluding hydrogens is 348 g/mol. The lowest BCUT2D eigenvalue weighted by molar-refractivity contribution is -0.127. The van der Waals surface area contributed by atoms with E-state index in [0.717, 1.165) is 11.1 Å². The van der Waals surface area contributed by atoms with Crippen molar-refractivity contribution in [2.75, 3.05) is 0 Å². The minimum absolute atomic E-state index is 0.0196. The molecule has 0 bridgehead atoms. The smallest absolute Gasteiger partial charge is 0.152 e. The minimum atomic E-state index is -1.78. The van der Waals surface area contributed by atoms with Gasteiger partial charge in [-0.15, -0.1) is 0 Å². The Hall–Kier alpha value is -1.97. The van der Waals surface area contributed by atoms with E-state index in [1.165, 1.54) is 0 Å². The highest BCUT2D eigenvalue weighted by atomic mass is 16.3. The van der Waals surface area contributed by atoms with Crippen molar-refractivity contribution in [3.05, 3.63) is 70.8 Å². The van der Waals surface area contributed by atoms with Gasteiger partial charge in [-0.2, -0.15) is 0 Å². The second-order valence-electron chi connectivity index (χ2n) is 9.00. The van der Waals surface area contributed by atoms with Gasteiger partial charge >= 0.3 is 0 Å². The molecule has 0 amide bonds. The molecule has 0 radical (unpaired) electrons. The van der Waals surface area contributed by atoms with Crippen LogP contribution in [0.5, 0.6) is 0 Å². The van der Waals surface area contributed by atoms with Crippen LogP contribution < -0.4 is 0 Å². The van der Waals surface area contributed by atoms with E-state index in [0.29, 0.717) is 17.4 Å². The molecule has 1 atom stereocenters. The second kappa shape index (κ2) is 9.02. The van der Waals surface area contributed by atoms with Crippen LogP contribution in [0.2, 0.25) is 0 Å². The van der Waals surface area contributed by atoms with E-state index >= 15 is 0 Å². The van der Waals surface area contributed by atoms with Gasteiger partial charge in [-0.3, -0.25) is 0 Å². The SMILES string of the molecule is CC.CC(C)(C)c1ccc(C(O)(c2ccc(C(C)(C)C)cc2)C(O)C=O)cc1. The topological polar surface area (TPSA) is 57.5 Å². The summed E-state index contributed by atoms with van der Waals surface area (Å²) in [6, 6.07) is 14.9. The van der Waals surface area contributed by atoms with Crippen molar-refractivity contribution in [2.45, 2.75) is 77.9 Å². The highest BCUT2D eigenvalue weighted by molar-refractivity contribution is 5.62. The zero-order valence-electron chi connectivity index (χ0n) is 18.6. The molecule has 2 aromatic rings. The Kier molecular flexibility index (Phi) is 7.75. The van der Waals surface area contributed by atoms with Crippen molar-refractivity contribution >= 4 is 6.29 Å². The Bertz CT molecular complexity index is 687. The molecule has 0 aliphatic rings. The number of rotatable bonds is 4. The Morgan fingerprint density at radius 1 is 0.679 bits per heavy atom. The quantitative estimate of drug-likeness (QED) is 0.721. The normalized spacial score (nSPS) is 13.4. The molecule has 0 aliphatic carbocycles. The number of aldehydes is 1. The van der Waals surface area contributed by atoms with Gasteiger partial charge in [0.2, 0.25) is 0 Å². The summed E-state index contributed by atoms with van der Waals surface area (Å²) in [5, 5.41) is 21.7. The first-order chi connectivity index (χ1) is 12.9. The third-order valence-corrected chi connectivity index (χ3v) is 4.94. The van der Waals surface area contributed by atoms with Gasteiger partial charge in [0.15, 0.2) is 6.29 Å². The maximum absolute atomic E-state index is 11.3. The molecule has 0 spiro atoms. The molecule has 0 heterocycles. The highest BCUT2D eigenvalue weighted by Crippen LogP contribution is 2.35. The molecule has 0 fully saturated rings. The summed E-state index contributed by atoms with van der Waals surface area (Å²) in [5.41, 5.74) is 1.40. The third-order valence-electron chi connectivity index (χ3n) is 4.94. The number of benzene rings is 2. The molecule has 0 aliphatic heterocycles. The second-order valence-corrected chi connectivity index (χ2v) is 9.00. The van der Waals surface area contributed by atoms with Gasteiger partial charge in [0, 0.05) is 0 Å². The molecule has 3 heteroatoms. The van der Waals surface area contributed by atoms with E-state index < -0.39 is 11.7 Å². The van der Waals surface area contributed by atoms with Crippen LogP contribution in [0.1, 0.15) is 77.6 Å². The monoisotopic (exact) mass is 384 g/mol. The summed E-state index contributed by atoms with van der Waals surface area (Å²) in [7, 11) is 0. The van der Waals surface area contributed by atoms with Gasteiger partial charge in [-0.05, 0) is 33.1 Å². The Morgan fingerprint density at radius 3 is 1.14 bits per heavy atom. The maximum Gasteiger partial charge on any atom is 0.152 e. The predicted octanol–water partition coefficient (Wildman–Crippen LogP) is 5.10. The summed E-state index contributed by atoms with van der Waals surface area (Å²) in [6.07, 6.45) is -1.17. The zero-order chi connectivity index (χ0) is 21.8. The van der Waals surface area contributed by atoms with Gasteiger partial charge < -0.3 is 15.0 Å². The summed E-state index contributed by atoms with van der Waals surface area (Å²) >= 11 is 0. The molecular formula is C25H36O3. The van der Waals surface area contributed by atoms with Gasteiger partial charge in [-0.1, -0.05) is 104 Å². The van der Waals surface area contributed by atoms with Crippen molar-refractivity contribution < 1.29 is 15.0 Å². The van der Waals surface area contributed by atoms with Crippen molar-refractivity contribution in [1.82, 2.24) is 0 Å². The standard InChI is InChI=1S/C23H30O3.C2H6/c1-21(2,3)16-7-11-18(12-8-16)23(26,20(25)15-24)19-13-9-17(10-14-19)22(4,5)6;1-2/h7-15,20,25-26H,1-6H3;1-2H3. The average Bonchev–Trinajstić information content (AvgIpc) is 2.67. The Balaban J connectivity index is 0.00000190. The van der Waals surface area contributed by atoms with Gasteiger partial charge in [-0.25, -0.2) is 0 Å². The fraction of sp³-hybridized carbons (Fsp3) is 0.480. The van der Waals surface area contributed by atoms with Crippen molar-refractivity contribution in [3.8, 4) is 0 Å². The fourth-order valence-electron chi connectivity index (χ4n) is 3.06. The van der Waals surface area contributed by atoms with Crippen molar-refractivity contribution in [3.63, 3.8) is 0 Å². The van der Waals surface area contributed by atoms with E-state index in [2.05, 4.69) is 41.5 Å². The molecule has 1 unspecified atom stereocenters. The van der Waals surface area contributed by atoms with E-state index in [1.54, 1.807) is 24.3 Å². The van der Waals surface area contributed by atoms with Crippen LogP contribution in [0.3, 0.4) is 0 Å². The number of carbonyl (C=O) groups excluding carboxylic acids is 1. The fourth-order valence-corrected chi connectivity index (χ4v) is 3.06.